The summed E-state index contributed by atoms with van der Waals surface area (Å²) in [5, 5.41) is 2.68. The smallest absolute Gasteiger partial charge is 0.267 e. The lowest BCUT2D eigenvalue weighted by Gasteiger charge is -2.33. The molecule has 2 aromatic carbocycles. The van der Waals surface area contributed by atoms with Gasteiger partial charge in [0, 0.05) is 5.69 Å². The van der Waals surface area contributed by atoms with Gasteiger partial charge in [0.2, 0.25) is 5.91 Å². The lowest BCUT2D eigenvalue weighted by atomic mass is 10.1. The van der Waals surface area contributed by atoms with Crippen molar-refractivity contribution in [3.63, 3.8) is 0 Å². The number of alkyl halides is 1. The summed E-state index contributed by atoms with van der Waals surface area (Å²) in [7, 11) is 0. The van der Waals surface area contributed by atoms with Crippen molar-refractivity contribution in [2.24, 2.45) is 0 Å². The average Bonchev–Trinajstić information content (AvgIpc) is 2.66. The second kappa shape index (κ2) is 8.31. The first-order valence-corrected chi connectivity index (χ1v) is 9.19. The van der Waals surface area contributed by atoms with Gasteiger partial charge in [-0.3, -0.25) is 9.59 Å². The highest BCUT2D eigenvalue weighted by Crippen LogP contribution is 2.36. The van der Waals surface area contributed by atoms with E-state index in [0.717, 1.165) is 11.3 Å². The number of hydrogen-bond donors (Lipinski definition) is 1. The minimum atomic E-state index is -0.583. The monoisotopic (exact) mass is 388 g/mol. The molecule has 2 aromatic rings. The van der Waals surface area contributed by atoms with Crippen LogP contribution in [0.25, 0.3) is 0 Å². The number of hydrogen-bond acceptors (Lipinski definition) is 4. The van der Waals surface area contributed by atoms with Crippen molar-refractivity contribution >= 4 is 34.8 Å². The Kier molecular flexibility index (Phi) is 5.86. The van der Waals surface area contributed by atoms with Crippen LogP contribution in [0.5, 0.6) is 11.5 Å². The topological polar surface area (TPSA) is 67.9 Å². The van der Waals surface area contributed by atoms with E-state index in [4.69, 9.17) is 21.1 Å². The summed E-state index contributed by atoms with van der Waals surface area (Å²) in [6.45, 7) is 4.41. The van der Waals surface area contributed by atoms with Crippen LogP contribution in [0.3, 0.4) is 0 Å². The number of amides is 2. The average molecular weight is 389 g/mol. The zero-order chi connectivity index (χ0) is 19.4. The molecule has 0 aromatic heterocycles. The van der Waals surface area contributed by atoms with Crippen molar-refractivity contribution in [3.8, 4) is 11.5 Å². The second-order valence-corrected chi connectivity index (χ2v) is 6.54. The largest absolute Gasteiger partial charge is 0.492 e. The lowest BCUT2D eigenvalue weighted by molar-refractivity contribution is -0.125. The minimum Gasteiger partial charge on any atom is -0.492 e. The molecule has 3 rings (SSSR count). The molecule has 1 aliphatic rings. The van der Waals surface area contributed by atoms with E-state index in [-0.39, 0.29) is 17.7 Å². The van der Waals surface area contributed by atoms with Crippen LogP contribution in [0.15, 0.2) is 42.5 Å². The fourth-order valence-electron chi connectivity index (χ4n) is 2.80. The summed E-state index contributed by atoms with van der Waals surface area (Å²) in [6.07, 6.45) is -0.583. The van der Waals surface area contributed by atoms with Gasteiger partial charge in [-0.2, -0.15) is 0 Å². The molecule has 0 bridgehead atoms. The van der Waals surface area contributed by atoms with Gasteiger partial charge in [0.05, 0.1) is 12.2 Å². The highest BCUT2D eigenvalue weighted by atomic mass is 35.5. The summed E-state index contributed by atoms with van der Waals surface area (Å²) >= 11 is 5.53. The van der Waals surface area contributed by atoms with Crippen LogP contribution in [0.2, 0.25) is 0 Å². The van der Waals surface area contributed by atoms with Crippen LogP contribution in [-0.4, -0.2) is 36.9 Å². The number of anilines is 2. The Morgan fingerprint density at radius 3 is 2.70 bits per heavy atom. The molecule has 2 amide bonds. The maximum Gasteiger partial charge on any atom is 0.267 e. The Hall–Kier alpha value is -2.73. The molecule has 0 saturated carbocycles. The summed E-state index contributed by atoms with van der Waals surface area (Å²) in [4.78, 5) is 25.7. The number of nitrogens with zero attached hydrogens (tertiary/aromatic N) is 1. The quantitative estimate of drug-likeness (QED) is 0.770. The predicted octanol–water partition coefficient (Wildman–Crippen LogP) is 3.37. The number of fused-ring (bicyclic) bond motifs is 1. The van der Waals surface area contributed by atoms with Crippen LogP contribution in [-0.2, 0) is 9.59 Å². The Morgan fingerprint density at radius 1 is 1.26 bits per heavy atom. The molecule has 142 valence electrons. The molecule has 0 aliphatic carbocycles. The number of benzene rings is 2. The fourth-order valence-corrected chi connectivity index (χ4v) is 2.87. The molecule has 0 radical (unpaired) electrons. The molecule has 1 unspecified atom stereocenters. The Morgan fingerprint density at radius 2 is 2.00 bits per heavy atom. The van der Waals surface area contributed by atoms with E-state index in [9.17, 15) is 9.59 Å². The number of carbonyl (C=O) groups is 2. The maximum atomic E-state index is 12.6. The summed E-state index contributed by atoms with van der Waals surface area (Å²) in [6, 6.07) is 12.9. The van der Waals surface area contributed by atoms with Crippen molar-refractivity contribution in [1.29, 1.82) is 0 Å². The maximum absolute atomic E-state index is 12.6. The molecular weight excluding hydrogens is 368 g/mol. The van der Waals surface area contributed by atoms with Crippen molar-refractivity contribution < 1.29 is 19.1 Å². The van der Waals surface area contributed by atoms with Crippen LogP contribution in [0, 0.1) is 6.92 Å². The molecule has 1 atom stereocenters. The molecule has 1 N–H and O–H groups in total. The van der Waals surface area contributed by atoms with Crippen molar-refractivity contribution in [2.75, 3.05) is 29.2 Å². The lowest BCUT2D eigenvalue weighted by Crippen LogP contribution is -2.46. The van der Waals surface area contributed by atoms with Gasteiger partial charge in [0.15, 0.2) is 6.10 Å². The van der Waals surface area contributed by atoms with Gasteiger partial charge in [-0.05, 0) is 44.2 Å². The number of halogens is 1. The van der Waals surface area contributed by atoms with E-state index in [1.807, 2.05) is 31.2 Å². The van der Waals surface area contributed by atoms with Gasteiger partial charge >= 0.3 is 0 Å². The van der Waals surface area contributed by atoms with Crippen LogP contribution in [0.4, 0.5) is 11.4 Å². The van der Waals surface area contributed by atoms with Crippen LogP contribution >= 0.6 is 11.6 Å². The number of carbonyl (C=O) groups excluding carboxylic acids is 2. The molecule has 0 spiro atoms. The van der Waals surface area contributed by atoms with Gasteiger partial charge in [0.25, 0.3) is 5.91 Å². The highest BCUT2D eigenvalue weighted by Gasteiger charge is 2.31. The SMILES string of the molecule is Cc1ccc(OCCN2C(=O)C(C)Oc3ccc(NC(=O)CCl)cc32)cc1. The molecule has 7 heteroatoms. The third kappa shape index (κ3) is 4.52. The zero-order valence-electron chi connectivity index (χ0n) is 15.2. The number of nitrogens with one attached hydrogen (secondary N) is 1. The molecule has 0 saturated heterocycles. The molecule has 6 nitrogen and oxygen atoms in total. The summed E-state index contributed by atoms with van der Waals surface area (Å²) in [5.74, 6) is 0.717. The van der Waals surface area contributed by atoms with Gasteiger partial charge in [-0.25, -0.2) is 0 Å². The minimum absolute atomic E-state index is 0.141. The molecule has 27 heavy (non-hydrogen) atoms. The van der Waals surface area contributed by atoms with Crippen LogP contribution in [0.1, 0.15) is 12.5 Å². The van der Waals surface area contributed by atoms with Gasteiger partial charge in [0.1, 0.15) is 24.0 Å². The predicted molar refractivity (Wildman–Crippen MR) is 105 cm³/mol. The summed E-state index contributed by atoms with van der Waals surface area (Å²) < 4.78 is 11.4. The Bertz CT molecular complexity index is 838. The third-order valence-corrected chi connectivity index (χ3v) is 4.42. The van der Waals surface area contributed by atoms with E-state index < -0.39 is 6.10 Å². The van der Waals surface area contributed by atoms with Crippen molar-refractivity contribution in [3.05, 3.63) is 48.0 Å². The first-order chi connectivity index (χ1) is 13.0. The normalized spacial score (nSPS) is 15.7. The van der Waals surface area contributed by atoms with E-state index in [1.54, 1.807) is 30.0 Å². The molecule has 1 aliphatic heterocycles. The van der Waals surface area contributed by atoms with Crippen molar-refractivity contribution in [1.82, 2.24) is 0 Å². The molecular formula is C20H21ClN2O4. The fraction of sp³-hybridized carbons (Fsp3) is 0.300. The standard InChI is InChI=1S/C20H21ClN2O4/c1-13-3-6-16(7-4-13)26-10-9-23-17-11-15(22-19(24)12-21)5-8-18(17)27-14(2)20(23)25/h3-8,11,14H,9-10,12H2,1-2H3,(H,22,24). The van der Waals surface area contributed by atoms with Crippen molar-refractivity contribution in [2.45, 2.75) is 20.0 Å². The Balaban J connectivity index is 1.75. The zero-order valence-corrected chi connectivity index (χ0v) is 16.0. The first kappa shape index (κ1) is 19.0. The Labute approximate surface area is 163 Å². The molecule has 0 fully saturated rings. The first-order valence-electron chi connectivity index (χ1n) is 8.65. The number of rotatable bonds is 6. The molecule has 1 heterocycles. The number of ether oxygens (including phenoxy) is 2. The number of aryl methyl sites for hydroxylation is 1. The van der Waals surface area contributed by atoms with E-state index in [1.165, 1.54) is 0 Å². The highest BCUT2D eigenvalue weighted by molar-refractivity contribution is 6.29. The van der Waals surface area contributed by atoms with E-state index >= 15 is 0 Å². The van der Waals surface area contributed by atoms with Gasteiger partial charge in [-0.15, -0.1) is 11.6 Å². The van der Waals surface area contributed by atoms with Gasteiger partial charge < -0.3 is 19.7 Å². The van der Waals surface area contributed by atoms with Crippen LogP contribution < -0.4 is 19.7 Å². The third-order valence-electron chi connectivity index (χ3n) is 4.18. The summed E-state index contributed by atoms with van der Waals surface area (Å²) in [5.41, 5.74) is 2.30. The second-order valence-electron chi connectivity index (χ2n) is 6.28. The van der Waals surface area contributed by atoms with E-state index in [2.05, 4.69) is 5.32 Å². The van der Waals surface area contributed by atoms with E-state index in [0.29, 0.717) is 30.3 Å². The van der Waals surface area contributed by atoms with Gasteiger partial charge in [-0.1, -0.05) is 17.7 Å².